The summed E-state index contributed by atoms with van der Waals surface area (Å²) in [6, 6.07) is 0. The average molecular weight is 246 g/mol. The SMILES string of the molecule is C=CCn1c(=O)n(C(=O)C=C)c(=O)c2[nH]cnc21. The number of rotatable bonds is 3. The average Bonchev–Trinajstić information content (AvgIpc) is 2.83. The van der Waals surface area contributed by atoms with Gasteiger partial charge in [-0.2, -0.15) is 4.57 Å². The molecule has 0 bridgehead atoms. The van der Waals surface area contributed by atoms with Crippen LogP contribution in [0.5, 0.6) is 0 Å². The maximum absolute atomic E-state index is 12.0. The zero-order valence-corrected chi connectivity index (χ0v) is 9.42. The van der Waals surface area contributed by atoms with Gasteiger partial charge in [0.05, 0.1) is 6.33 Å². The minimum absolute atomic E-state index is 0.0895. The molecule has 1 N–H and O–H groups in total. The molecule has 0 unspecified atom stereocenters. The molecule has 2 heterocycles. The number of hydrogen-bond acceptors (Lipinski definition) is 4. The smallest absolute Gasteiger partial charge is 0.339 e. The first kappa shape index (κ1) is 11.8. The van der Waals surface area contributed by atoms with Crippen LogP contribution >= 0.6 is 0 Å². The van der Waals surface area contributed by atoms with Crippen molar-refractivity contribution >= 4 is 17.1 Å². The Morgan fingerprint density at radius 2 is 2.17 bits per heavy atom. The molecule has 0 fully saturated rings. The topological polar surface area (TPSA) is 89.8 Å². The summed E-state index contributed by atoms with van der Waals surface area (Å²) in [7, 11) is 0. The number of aromatic nitrogens is 4. The van der Waals surface area contributed by atoms with Crippen molar-refractivity contribution in [2.75, 3.05) is 0 Å². The first-order valence-electron chi connectivity index (χ1n) is 5.08. The van der Waals surface area contributed by atoms with Crippen LogP contribution in [0.25, 0.3) is 11.2 Å². The zero-order valence-electron chi connectivity index (χ0n) is 9.42. The third kappa shape index (κ3) is 1.53. The second-order valence-electron chi connectivity index (χ2n) is 3.47. The number of nitrogens with one attached hydrogen (secondary N) is 1. The molecule has 2 aromatic rings. The summed E-state index contributed by atoms with van der Waals surface area (Å²) in [5.41, 5.74) is -1.22. The van der Waals surface area contributed by atoms with Crippen LogP contribution < -0.4 is 11.2 Å². The Balaban J connectivity index is 2.99. The minimum Gasteiger partial charge on any atom is -0.339 e. The van der Waals surface area contributed by atoms with Crippen LogP contribution in [0.2, 0.25) is 0 Å². The Hall–Kier alpha value is -2.70. The van der Waals surface area contributed by atoms with E-state index in [2.05, 4.69) is 23.1 Å². The molecule has 0 saturated carbocycles. The molecule has 0 aliphatic heterocycles. The number of fused-ring (bicyclic) bond motifs is 1. The van der Waals surface area contributed by atoms with Gasteiger partial charge in [0.15, 0.2) is 5.65 Å². The quantitative estimate of drug-likeness (QED) is 0.604. The van der Waals surface area contributed by atoms with Gasteiger partial charge >= 0.3 is 5.69 Å². The lowest BCUT2D eigenvalue weighted by atomic mass is 10.4. The van der Waals surface area contributed by atoms with Gasteiger partial charge in [0.1, 0.15) is 5.52 Å². The molecule has 0 radical (unpaired) electrons. The molecule has 0 saturated heterocycles. The molecule has 2 rings (SSSR count). The lowest BCUT2D eigenvalue weighted by Gasteiger charge is -2.06. The Bertz CT molecular complexity index is 763. The van der Waals surface area contributed by atoms with E-state index in [0.717, 1.165) is 6.08 Å². The van der Waals surface area contributed by atoms with Crippen molar-refractivity contribution in [2.45, 2.75) is 6.54 Å². The summed E-state index contributed by atoms with van der Waals surface area (Å²) >= 11 is 0. The highest BCUT2D eigenvalue weighted by Gasteiger charge is 2.17. The molecule has 0 amide bonds. The van der Waals surface area contributed by atoms with Crippen LogP contribution in [0.15, 0.2) is 41.2 Å². The van der Waals surface area contributed by atoms with Gasteiger partial charge in [-0.25, -0.2) is 9.78 Å². The van der Waals surface area contributed by atoms with Crippen LogP contribution in [0.3, 0.4) is 0 Å². The maximum Gasteiger partial charge on any atom is 0.340 e. The van der Waals surface area contributed by atoms with Crippen molar-refractivity contribution in [1.82, 2.24) is 19.1 Å². The number of aromatic amines is 1. The highest BCUT2D eigenvalue weighted by molar-refractivity contribution is 5.90. The summed E-state index contributed by atoms with van der Waals surface area (Å²) in [4.78, 5) is 42.1. The van der Waals surface area contributed by atoms with Gasteiger partial charge in [0.2, 0.25) is 0 Å². The van der Waals surface area contributed by atoms with Gasteiger partial charge in [-0.3, -0.25) is 14.2 Å². The Morgan fingerprint density at radius 3 is 2.78 bits per heavy atom. The molecule has 0 atom stereocenters. The van der Waals surface area contributed by atoms with Crippen molar-refractivity contribution in [3.05, 3.63) is 52.5 Å². The third-order valence-corrected chi connectivity index (χ3v) is 2.42. The summed E-state index contributed by atoms with van der Waals surface area (Å²) in [6.45, 7) is 6.92. The first-order chi connectivity index (χ1) is 8.61. The fourth-order valence-corrected chi connectivity index (χ4v) is 1.64. The minimum atomic E-state index is -0.778. The third-order valence-electron chi connectivity index (χ3n) is 2.42. The molecular formula is C11H10N4O3. The van der Waals surface area contributed by atoms with Crippen molar-refractivity contribution in [3.8, 4) is 0 Å². The highest BCUT2D eigenvalue weighted by atomic mass is 16.2. The number of carbonyl (C=O) groups excluding carboxylic acids is 1. The van der Waals surface area contributed by atoms with Gasteiger partial charge in [0.25, 0.3) is 11.5 Å². The van der Waals surface area contributed by atoms with E-state index in [1.165, 1.54) is 17.0 Å². The van der Waals surface area contributed by atoms with Crippen molar-refractivity contribution in [1.29, 1.82) is 0 Å². The van der Waals surface area contributed by atoms with E-state index in [4.69, 9.17) is 0 Å². The summed E-state index contributed by atoms with van der Waals surface area (Å²) in [6.07, 6.45) is 3.67. The predicted octanol–water partition coefficient (Wildman–Crippen LogP) is -0.102. The summed E-state index contributed by atoms with van der Waals surface area (Å²) in [5.74, 6) is -0.778. The molecule has 7 heteroatoms. The van der Waals surface area contributed by atoms with Crippen LogP contribution in [0, 0.1) is 0 Å². The summed E-state index contributed by atoms with van der Waals surface area (Å²) < 4.78 is 1.69. The fraction of sp³-hybridized carbons (Fsp3) is 0.0909. The number of imidazole rings is 1. The second-order valence-corrected chi connectivity index (χ2v) is 3.47. The monoisotopic (exact) mass is 246 g/mol. The largest absolute Gasteiger partial charge is 0.340 e. The lowest BCUT2D eigenvalue weighted by molar-refractivity contribution is 0.0959. The van der Waals surface area contributed by atoms with Crippen molar-refractivity contribution in [3.63, 3.8) is 0 Å². The van der Waals surface area contributed by atoms with Crippen molar-refractivity contribution in [2.24, 2.45) is 0 Å². The molecule has 92 valence electrons. The molecule has 7 nitrogen and oxygen atoms in total. The van der Waals surface area contributed by atoms with Gasteiger partial charge in [-0.15, -0.1) is 6.58 Å². The standard InChI is InChI=1S/C11H10N4O3/c1-3-5-14-9-8(12-6-13-9)10(17)15(11(14)18)7(16)4-2/h3-4,6H,1-2,5H2,(H,12,13). The van der Waals surface area contributed by atoms with Gasteiger partial charge in [-0.1, -0.05) is 12.7 Å². The molecular weight excluding hydrogens is 236 g/mol. The molecule has 0 aliphatic carbocycles. The van der Waals surface area contributed by atoms with E-state index in [0.29, 0.717) is 4.57 Å². The highest BCUT2D eigenvalue weighted by Crippen LogP contribution is 2.01. The van der Waals surface area contributed by atoms with Gasteiger partial charge in [0, 0.05) is 6.54 Å². The van der Waals surface area contributed by atoms with E-state index >= 15 is 0 Å². The van der Waals surface area contributed by atoms with E-state index in [1.54, 1.807) is 0 Å². The molecule has 0 aromatic carbocycles. The van der Waals surface area contributed by atoms with Crippen LogP contribution in [0.1, 0.15) is 4.79 Å². The van der Waals surface area contributed by atoms with Crippen LogP contribution in [-0.2, 0) is 6.54 Å². The number of hydrogen-bond donors (Lipinski definition) is 1. The van der Waals surface area contributed by atoms with E-state index in [1.807, 2.05) is 0 Å². The maximum atomic E-state index is 12.0. The number of allylic oxidation sites excluding steroid dienone is 2. The normalized spacial score (nSPS) is 10.4. The van der Waals surface area contributed by atoms with Crippen LogP contribution in [-0.4, -0.2) is 25.0 Å². The summed E-state index contributed by atoms with van der Waals surface area (Å²) in [5, 5.41) is 0. The number of nitrogens with zero attached hydrogens (tertiary/aromatic N) is 3. The predicted molar refractivity (Wildman–Crippen MR) is 65.6 cm³/mol. The zero-order chi connectivity index (χ0) is 13.3. The van der Waals surface area contributed by atoms with E-state index < -0.39 is 17.2 Å². The fourth-order valence-electron chi connectivity index (χ4n) is 1.64. The Kier molecular flexibility index (Phi) is 2.80. The van der Waals surface area contributed by atoms with Gasteiger partial charge in [-0.05, 0) is 6.08 Å². The van der Waals surface area contributed by atoms with E-state index in [-0.39, 0.29) is 17.7 Å². The Labute approximate surface area is 101 Å². The molecule has 2 aromatic heterocycles. The molecule has 0 spiro atoms. The number of H-pyrrole nitrogens is 1. The molecule has 0 aliphatic rings. The Morgan fingerprint density at radius 1 is 1.44 bits per heavy atom. The van der Waals surface area contributed by atoms with E-state index in [9.17, 15) is 14.4 Å². The van der Waals surface area contributed by atoms with Crippen LogP contribution in [0.4, 0.5) is 0 Å². The second kappa shape index (κ2) is 4.28. The molecule has 18 heavy (non-hydrogen) atoms. The first-order valence-corrected chi connectivity index (χ1v) is 5.08. The lowest BCUT2D eigenvalue weighted by Crippen LogP contribution is -2.43. The number of carbonyl (C=O) groups is 1. The van der Waals surface area contributed by atoms with Gasteiger partial charge < -0.3 is 4.98 Å². The van der Waals surface area contributed by atoms with Crippen molar-refractivity contribution < 1.29 is 4.79 Å².